The molecule has 0 N–H and O–H groups in total. The van der Waals surface area contributed by atoms with Crippen LogP contribution in [0.5, 0.6) is 0 Å². The van der Waals surface area contributed by atoms with Crippen molar-refractivity contribution in [2.75, 3.05) is 26.3 Å². The molecule has 2 fully saturated rings. The van der Waals surface area contributed by atoms with Gasteiger partial charge in [0.2, 0.25) is 5.91 Å². The Kier molecular flexibility index (Phi) is 4.58. The van der Waals surface area contributed by atoms with Crippen LogP contribution in [0.1, 0.15) is 23.4 Å². The molecular weight excluding hydrogens is 336 g/mol. The number of hydrogen-bond acceptors (Lipinski definition) is 5. The average molecular weight is 358 g/mol. The fourth-order valence-corrected chi connectivity index (χ4v) is 4.49. The number of nitrogens with zero attached hydrogens (tertiary/aromatic N) is 2. The van der Waals surface area contributed by atoms with Gasteiger partial charge in [-0.25, -0.2) is 4.98 Å². The van der Waals surface area contributed by atoms with Crippen molar-refractivity contribution in [2.45, 2.75) is 32.0 Å². The van der Waals surface area contributed by atoms with Gasteiger partial charge in [0.25, 0.3) is 0 Å². The maximum absolute atomic E-state index is 12.7. The fraction of sp³-hybridized carbons (Fsp3) is 0.474. The molecule has 6 heteroatoms. The second-order valence-electron chi connectivity index (χ2n) is 6.56. The predicted molar refractivity (Wildman–Crippen MR) is 96.4 cm³/mol. The Hall–Kier alpha value is -1.76. The van der Waals surface area contributed by atoms with Crippen LogP contribution < -0.4 is 0 Å². The van der Waals surface area contributed by atoms with Gasteiger partial charge < -0.3 is 14.4 Å². The number of amides is 1. The van der Waals surface area contributed by atoms with Crippen LogP contribution in [0.2, 0.25) is 0 Å². The summed E-state index contributed by atoms with van der Waals surface area (Å²) in [5.41, 5.74) is 2.05. The quantitative estimate of drug-likeness (QED) is 0.846. The molecule has 1 amide bonds. The first-order valence-corrected chi connectivity index (χ1v) is 9.54. The van der Waals surface area contributed by atoms with Crippen molar-refractivity contribution in [1.29, 1.82) is 0 Å². The first-order valence-electron chi connectivity index (χ1n) is 8.73. The normalized spacial score (nSPS) is 19.5. The van der Waals surface area contributed by atoms with Gasteiger partial charge in [-0.05, 0) is 6.92 Å². The van der Waals surface area contributed by atoms with Gasteiger partial charge in [0.15, 0.2) is 5.79 Å². The van der Waals surface area contributed by atoms with E-state index in [1.165, 1.54) is 0 Å². The smallest absolute Gasteiger partial charge is 0.227 e. The summed E-state index contributed by atoms with van der Waals surface area (Å²) >= 11 is 1.62. The van der Waals surface area contributed by atoms with E-state index >= 15 is 0 Å². The number of piperidine rings is 1. The standard InChI is InChI=1S/C19H22N2O3S/c1-14-16(25-18(20-14)15-5-3-2-4-6-15)13-17(22)21-9-7-19(8-10-21)23-11-12-24-19/h2-6H,7-13H2,1H3. The third kappa shape index (κ3) is 3.47. The largest absolute Gasteiger partial charge is 0.347 e. The van der Waals surface area contributed by atoms with Crippen LogP contribution in [0.15, 0.2) is 30.3 Å². The lowest BCUT2D eigenvalue weighted by Crippen LogP contribution is -2.47. The Bertz CT molecular complexity index is 743. The minimum atomic E-state index is -0.433. The van der Waals surface area contributed by atoms with E-state index in [1.54, 1.807) is 11.3 Å². The number of carbonyl (C=O) groups is 1. The topological polar surface area (TPSA) is 51.7 Å². The van der Waals surface area contributed by atoms with Crippen LogP contribution in [0.4, 0.5) is 0 Å². The fourth-order valence-electron chi connectivity index (χ4n) is 3.43. The Balaban J connectivity index is 1.41. The van der Waals surface area contributed by atoms with Crippen molar-refractivity contribution in [3.63, 3.8) is 0 Å². The van der Waals surface area contributed by atoms with Crippen LogP contribution in [-0.2, 0) is 20.7 Å². The summed E-state index contributed by atoms with van der Waals surface area (Å²) in [6.45, 7) is 4.70. The molecule has 25 heavy (non-hydrogen) atoms. The maximum atomic E-state index is 12.7. The summed E-state index contributed by atoms with van der Waals surface area (Å²) in [4.78, 5) is 20.3. The van der Waals surface area contributed by atoms with E-state index in [1.807, 2.05) is 30.0 Å². The molecule has 5 nitrogen and oxygen atoms in total. The first-order chi connectivity index (χ1) is 12.2. The number of hydrogen-bond donors (Lipinski definition) is 0. The van der Waals surface area contributed by atoms with E-state index in [9.17, 15) is 4.79 Å². The Morgan fingerprint density at radius 1 is 1.20 bits per heavy atom. The molecule has 0 unspecified atom stereocenters. The summed E-state index contributed by atoms with van der Waals surface area (Å²) in [6, 6.07) is 10.1. The van der Waals surface area contributed by atoms with Crippen molar-refractivity contribution in [3.8, 4) is 10.6 Å². The molecule has 2 aliphatic rings. The van der Waals surface area contributed by atoms with Crippen molar-refractivity contribution >= 4 is 17.2 Å². The molecule has 0 radical (unpaired) electrons. The van der Waals surface area contributed by atoms with Crippen LogP contribution in [0.3, 0.4) is 0 Å². The lowest BCUT2D eigenvalue weighted by molar-refractivity contribution is -0.187. The summed E-state index contributed by atoms with van der Waals surface area (Å²) in [5, 5.41) is 0.978. The molecule has 0 aliphatic carbocycles. The lowest BCUT2D eigenvalue weighted by atomic mass is 10.0. The molecule has 1 aromatic heterocycles. The summed E-state index contributed by atoms with van der Waals surface area (Å²) in [5.74, 6) is -0.267. The zero-order valence-corrected chi connectivity index (χ0v) is 15.2. The molecule has 0 saturated carbocycles. The van der Waals surface area contributed by atoms with Gasteiger partial charge in [-0.15, -0.1) is 11.3 Å². The van der Waals surface area contributed by atoms with E-state index in [0.29, 0.717) is 32.7 Å². The van der Waals surface area contributed by atoms with E-state index in [-0.39, 0.29) is 5.91 Å². The van der Waals surface area contributed by atoms with Crippen molar-refractivity contribution in [1.82, 2.24) is 9.88 Å². The van der Waals surface area contributed by atoms with Crippen LogP contribution in [0, 0.1) is 6.92 Å². The minimum Gasteiger partial charge on any atom is -0.347 e. The number of ether oxygens (including phenoxy) is 2. The van der Waals surface area contributed by atoms with Gasteiger partial charge in [-0.1, -0.05) is 30.3 Å². The highest BCUT2D eigenvalue weighted by atomic mass is 32.1. The summed E-state index contributed by atoms with van der Waals surface area (Å²) < 4.78 is 11.5. The number of carbonyl (C=O) groups excluding carboxylic acids is 1. The molecule has 3 heterocycles. The summed E-state index contributed by atoms with van der Waals surface area (Å²) in [7, 11) is 0. The number of aromatic nitrogens is 1. The number of rotatable bonds is 3. The van der Waals surface area contributed by atoms with Gasteiger partial charge in [-0.2, -0.15) is 0 Å². The predicted octanol–water partition coefficient (Wildman–Crippen LogP) is 3.03. The third-order valence-electron chi connectivity index (χ3n) is 4.92. The van der Waals surface area contributed by atoms with Gasteiger partial charge in [0.05, 0.1) is 25.3 Å². The van der Waals surface area contributed by atoms with Crippen LogP contribution in [-0.4, -0.2) is 47.9 Å². The molecule has 132 valence electrons. The number of thiazole rings is 1. The second kappa shape index (κ2) is 6.86. The molecule has 2 saturated heterocycles. The zero-order chi connectivity index (χ0) is 17.3. The second-order valence-corrected chi connectivity index (χ2v) is 7.64. The highest BCUT2D eigenvalue weighted by Crippen LogP contribution is 2.32. The van der Waals surface area contributed by atoms with Crippen molar-refractivity contribution in [2.24, 2.45) is 0 Å². The molecule has 4 rings (SSSR count). The van der Waals surface area contributed by atoms with Crippen molar-refractivity contribution < 1.29 is 14.3 Å². The van der Waals surface area contributed by atoms with Crippen LogP contribution >= 0.6 is 11.3 Å². The zero-order valence-electron chi connectivity index (χ0n) is 14.4. The minimum absolute atomic E-state index is 0.166. The summed E-state index contributed by atoms with van der Waals surface area (Å²) in [6.07, 6.45) is 1.94. The molecule has 0 atom stereocenters. The monoisotopic (exact) mass is 358 g/mol. The molecule has 1 spiro atoms. The maximum Gasteiger partial charge on any atom is 0.227 e. The molecular formula is C19H22N2O3S. The first kappa shape index (κ1) is 16.7. The SMILES string of the molecule is Cc1nc(-c2ccccc2)sc1CC(=O)N1CCC2(CC1)OCCO2. The van der Waals surface area contributed by atoms with E-state index in [2.05, 4.69) is 17.1 Å². The van der Waals surface area contributed by atoms with Gasteiger partial charge >= 0.3 is 0 Å². The third-order valence-corrected chi connectivity index (χ3v) is 6.12. The Morgan fingerprint density at radius 2 is 1.88 bits per heavy atom. The number of aryl methyl sites for hydroxylation is 1. The average Bonchev–Trinajstić information content (AvgIpc) is 3.24. The van der Waals surface area contributed by atoms with E-state index < -0.39 is 5.79 Å². The number of benzene rings is 1. The molecule has 2 aromatic rings. The van der Waals surface area contributed by atoms with Gasteiger partial charge in [0, 0.05) is 36.4 Å². The highest BCUT2D eigenvalue weighted by molar-refractivity contribution is 7.15. The molecule has 2 aliphatic heterocycles. The number of likely N-dealkylation sites (tertiary alicyclic amines) is 1. The highest BCUT2D eigenvalue weighted by Gasteiger charge is 2.40. The van der Waals surface area contributed by atoms with E-state index in [0.717, 1.165) is 34.0 Å². The molecule has 0 bridgehead atoms. The van der Waals surface area contributed by atoms with Gasteiger partial charge in [-0.3, -0.25) is 4.79 Å². The Labute approximate surface area is 151 Å². The van der Waals surface area contributed by atoms with Crippen molar-refractivity contribution in [3.05, 3.63) is 40.9 Å². The molecule has 1 aromatic carbocycles. The lowest BCUT2D eigenvalue weighted by Gasteiger charge is -2.37. The van der Waals surface area contributed by atoms with Crippen LogP contribution in [0.25, 0.3) is 10.6 Å². The van der Waals surface area contributed by atoms with E-state index in [4.69, 9.17) is 9.47 Å². The Morgan fingerprint density at radius 3 is 2.56 bits per heavy atom. The van der Waals surface area contributed by atoms with Gasteiger partial charge in [0.1, 0.15) is 5.01 Å².